The minimum atomic E-state index is 0.184. The van der Waals surface area contributed by atoms with Crippen LogP contribution in [0.25, 0.3) is 0 Å². The van der Waals surface area contributed by atoms with E-state index in [0.29, 0.717) is 5.92 Å². The van der Waals surface area contributed by atoms with Crippen molar-refractivity contribution in [3.8, 4) is 0 Å². The van der Waals surface area contributed by atoms with Crippen molar-refractivity contribution in [1.29, 1.82) is 0 Å². The standard InChI is InChI=1S/C14H26N4/c1-11(2)10-14(7-4-5-8-14)13(16-15)12-6-9-18(3)17-12/h6,9,11,13,16H,4-5,7-8,10,15H2,1-3H3. The zero-order valence-electron chi connectivity index (χ0n) is 11.8. The van der Waals surface area contributed by atoms with Crippen LogP contribution in [0.1, 0.15) is 57.7 Å². The molecule has 1 aromatic rings. The maximum absolute atomic E-state index is 5.86. The van der Waals surface area contributed by atoms with E-state index in [0.717, 1.165) is 5.69 Å². The van der Waals surface area contributed by atoms with E-state index in [9.17, 15) is 0 Å². The van der Waals surface area contributed by atoms with E-state index in [1.54, 1.807) is 0 Å². The lowest BCUT2D eigenvalue weighted by molar-refractivity contribution is 0.152. The molecule has 1 aromatic heterocycles. The largest absolute Gasteiger partial charge is 0.275 e. The Balaban J connectivity index is 2.27. The zero-order valence-corrected chi connectivity index (χ0v) is 11.8. The van der Waals surface area contributed by atoms with Crippen LogP contribution in [0, 0.1) is 11.3 Å². The van der Waals surface area contributed by atoms with E-state index >= 15 is 0 Å². The van der Waals surface area contributed by atoms with Crippen LogP contribution in [0.2, 0.25) is 0 Å². The number of nitrogens with two attached hydrogens (primary N) is 1. The number of aromatic nitrogens is 2. The Kier molecular flexibility index (Phi) is 4.07. The molecule has 1 heterocycles. The van der Waals surface area contributed by atoms with Crippen LogP contribution < -0.4 is 11.3 Å². The van der Waals surface area contributed by atoms with Gasteiger partial charge in [0.15, 0.2) is 0 Å². The first-order valence-electron chi connectivity index (χ1n) is 7.03. The molecule has 0 aliphatic heterocycles. The highest BCUT2D eigenvalue weighted by atomic mass is 15.3. The Morgan fingerprint density at radius 3 is 2.56 bits per heavy atom. The third-order valence-corrected chi connectivity index (χ3v) is 4.22. The molecule has 1 saturated carbocycles. The van der Waals surface area contributed by atoms with Gasteiger partial charge in [0.05, 0.1) is 11.7 Å². The second-order valence-corrected chi connectivity index (χ2v) is 6.18. The van der Waals surface area contributed by atoms with Crippen LogP contribution in [0.5, 0.6) is 0 Å². The lowest BCUT2D eigenvalue weighted by Crippen LogP contribution is -2.41. The summed E-state index contributed by atoms with van der Waals surface area (Å²) in [5.41, 5.74) is 4.42. The van der Waals surface area contributed by atoms with Gasteiger partial charge in [-0.3, -0.25) is 16.0 Å². The number of aryl methyl sites for hydroxylation is 1. The molecular formula is C14H26N4. The lowest BCUT2D eigenvalue weighted by Gasteiger charge is -2.37. The summed E-state index contributed by atoms with van der Waals surface area (Å²) in [4.78, 5) is 0. The first-order valence-corrected chi connectivity index (χ1v) is 7.03. The monoisotopic (exact) mass is 250 g/mol. The Hall–Kier alpha value is -0.870. The van der Waals surface area contributed by atoms with Gasteiger partial charge in [-0.25, -0.2) is 0 Å². The lowest BCUT2D eigenvalue weighted by atomic mass is 9.72. The van der Waals surface area contributed by atoms with Crippen LogP contribution in [0.15, 0.2) is 12.3 Å². The van der Waals surface area contributed by atoms with Gasteiger partial charge in [0.25, 0.3) is 0 Å². The zero-order chi connectivity index (χ0) is 13.2. The van der Waals surface area contributed by atoms with Gasteiger partial charge in [-0.2, -0.15) is 5.10 Å². The second-order valence-electron chi connectivity index (χ2n) is 6.18. The summed E-state index contributed by atoms with van der Waals surface area (Å²) >= 11 is 0. The topological polar surface area (TPSA) is 55.9 Å². The van der Waals surface area contributed by atoms with Crippen LogP contribution in [0.4, 0.5) is 0 Å². The first kappa shape index (κ1) is 13.6. The first-order chi connectivity index (χ1) is 8.57. The van der Waals surface area contributed by atoms with Crippen molar-refractivity contribution >= 4 is 0 Å². The minimum absolute atomic E-state index is 0.184. The average Bonchev–Trinajstić information content (AvgIpc) is 2.89. The molecule has 0 radical (unpaired) electrons. The van der Waals surface area contributed by atoms with Gasteiger partial charge >= 0.3 is 0 Å². The van der Waals surface area contributed by atoms with Crippen LogP contribution in [-0.4, -0.2) is 9.78 Å². The van der Waals surface area contributed by atoms with Gasteiger partial charge in [0.1, 0.15) is 0 Å². The number of rotatable bonds is 5. The summed E-state index contributed by atoms with van der Waals surface area (Å²) in [6.45, 7) is 4.60. The van der Waals surface area contributed by atoms with E-state index in [1.165, 1.54) is 32.1 Å². The van der Waals surface area contributed by atoms with E-state index in [-0.39, 0.29) is 11.5 Å². The predicted octanol–water partition coefficient (Wildman–Crippen LogP) is 2.53. The van der Waals surface area contributed by atoms with Gasteiger partial charge in [-0.1, -0.05) is 26.7 Å². The number of hydrogen-bond acceptors (Lipinski definition) is 3. The Morgan fingerprint density at radius 2 is 2.11 bits per heavy atom. The molecule has 4 heteroatoms. The molecular weight excluding hydrogens is 224 g/mol. The highest BCUT2D eigenvalue weighted by Gasteiger charge is 2.42. The number of hydrogen-bond donors (Lipinski definition) is 2. The SMILES string of the molecule is CC(C)CC1(C(NN)c2ccn(C)n2)CCCC1. The summed E-state index contributed by atoms with van der Waals surface area (Å²) in [6.07, 6.45) is 8.37. The van der Waals surface area contributed by atoms with Crippen molar-refractivity contribution < 1.29 is 0 Å². The molecule has 2 rings (SSSR count). The summed E-state index contributed by atoms with van der Waals surface area (Å²) in [5, 5.41) is 4.55. The van der Waals surface area contributed by atoms with Crippen LogP contribution >= 0.6 is 0 Å². The third-order valence-electron chi connectivity index (χ3n) is 4.22. The number of hydrazine groups is 1. The molecule has 1 aliphatic rings. The normalized spacial score (nSPS) is 20.5. The predicted molar refractivity (Wildman–Crippen MR) is 73.6 cm³/mol. The molecule has 1 atom stereocenters. The molecule has 102 valence electrons. The fourth-order valence-corrected chi connectivity index (χ4v) is 3.67. The summed E-state index contributed by atoms with van der Waals surface area (Å²) in [5.74, 6) is 6.55. The highest BCUT2D eigenvalue weighted by molar-refractivity contribution is 5.12. The summed E-state index contributed by atoms with van der Waals surface area (Å²) in [7, 11) is 1.96. The molecule has 1 aliphatic carbocycles. The van der Waals surface area contributed by atoms with Crippen molar-refractivity contribution in [3.05, 3.63) is 18.0 Å². The van der Waals surface area contributed by atoms with Crippen LogP contribution in [-0.2, 0) is 7.05 Å². The Bertz CT molecular complexity index is 377. The quantitative estimate of drug-likeness (QED) is 0.623. The molecule has 1 fully saturated rings. The van der Waals surface area contributed by atoms with E-state index in [4.69, 9.17) is 5.84 Å². The van der Waals surface area contributed by atoms with Gasteiger partial charge < -0.3 is 0 Å². The fourth-order valence-electron chi connectivity index (χ4n) is 3.67. The van der Waals surface area contributed by atoms with Crippen molar-refractivity contribution in [2.24, 2.45) is 24.2 Å². The molecule has 4 nitrogen and oxygen atoms in total. The molecule has 0 amide bonds. The summed E-state index contributed by atoms with van der Waals surface area (Å²) < 4.78 is 1.86. The molecule has 0 saturated heterocycles. The van der Waals surface area contributed by atoms with Crippen molar-refractivity contribution in [1.82, 2.24) is 15.2 Å². The van der Waals surface area contributed by atoms with Crippen molar-refractivity contribution in [2.75, 3.05) is 0 Å². The summed E-state index contributed by atoms with van der Waals surface area (Å²) in [6, 6.07) is 2.27. The maximum atomic E-state index is 5.86. The fraction of sp³-hybridized carbons (Fsp3) is 0.786. The van der Waals surface area contributed by atoms with Gasteiger partial charge in [0.2, 0.25) is 0 Å². The highest BCUT2D eigenvalue weighted by Crippen LogP contribution is 2.51. The van der Waals surface area contributed by atoms with Crippen molar-refractivity contribution in [3.63, 3.8) is 0 Å². The van der Waals surface area contributed by atoms with E-state index in [1.807, 2.05) is 17.9 Å². The van der Waals surface area contributed by atoms with E-state index in [2.05, 4.69) is 30.4 Å². The molecule has 3 N–H and O–H groups in total. The third kappa shape index (κ3) is 2.59. The minimum Gasteiger partial charge on any atom is -0.275 e. The maximum Gasteiger partial charge on any atom is 0.0813 e. The Morgan fingerprint density at radius 1 is 1.44 bits per heavy atom. The van der Waals surface area contributed by atoms with Gasteiger partial charge in [0, 0.05) is 13.2 Å². The smallest absolute Gasteiger partial charge is 0.0813 e. The van der Waals surface area contributed by atoms with E-state index < -0.39 is 0 Å². The Labute approximate surface area is 110 Å². The molecule has 18 heavy (non-hydrogen) atoms. The average molecular weight is 250 g/mol. The molecule has 1 unspecified atom stereocenters. The number of nitrogens with zero attached hydrogens (tertiary/aromatic N) is 2. The van der Waals surface area contributed by atoms with Crippen molar-refractivity contribution in [2.45, 2.75) is 52.0 Å². The van der Waals surface area contributed by atoms with Gasteiger partial charge in [-0.05, 0) is 36.7 Å². The molecule has 0 spiro atoms. The molecule has 0 bridgehead atoms. The number of nitrogens with one attached hydrogen (secondary N) is 1. The second kappa shape index (κ2) is 5.41. The van der Waals surface area contributed by atoms with Gasteiger partial charge in [-0.15, -0.1) is 0 Å². The molecule has 0 aromatic carbocycles. The van der Waals surface area contributed by atoms with Crippen LogP contribution in [0.3, 0.4) is 0 Å².